The predicted molar refractivity (Wildman–Crippen MR) is 108 cm³/mol. The van der Waals surface area contributed by atoms with Crippen molar-refractivity contribution in [3.05, 3.63) is 85.1 Å². The van der Waals surface area contributed by atoms with E-state index in [0.717, 1.165) is 22.3 Å². The Morgan fingerprint density at radius 1 is 0.692 bits per heavy atom. The van der Waals surface area contributed by atoms with Crippen molar-refractivity contribution < 1.29 is 0 Å². The lowest BCUT2D eigenvalue weighted by atomic mass is 10.2. The minimum Gasteiger partial charge on any atom is -0.397 e. The van der Waals surface area contributed by atoms with Crippen LogP contribution in [0, 0.1) is 6.92 Å². The number of hydrogen-bond donors (Lipinski definition) is 3. The van der Waals surface area contributed by atoms with Gasteiger partial charge in [0.15, 0.2) is 0 Å². The smallest absolute Gasteiger partial charge is 0.0934 e. The number of hydrogen-bond acceptors (Lipinski definition) is 6. The van der Waals surface area contributed by atoms with E-state index in [0.29, 0.717) is 11.4 Å². The van der Waals surface area contributed by atoms with E-state index in [1.165, 1.54) is 0 Å². The molecule has 0 fully saturated rings. The SMILES string of the molecule is Cc1ccc2cccc(N)c2n1.Nc1cccnc1.Nc1cccnc1. The van der Waals surface area contributed by atoms with Gasteiger partial charge in [0.05, 0.1) is 22.6 Å². The number of fused-ring (bicyclic) bond motifs is 1. The van der Waals surface area contributed by atoms with Gasteiger partial charge in [-0.2, -0.15) is 0 Å². The molecule has 0 aliphatic heterocycles. The lowest BCUT2D eigenvalue weighted by Crippen LogP contribution is -1.90. The predicted octanol–water partition coefficient (Wildman–Crippen LogP) is 3.45. The molecule has 6 N–H and O–H groups in total. The average molecular weight is 346 g/mol. The highest BCUT2D eigenvalue weighted by atomic mass is 14.7. The maximum Gasteiger partial charge on any atom is 0.0934 e. The number of nitrogens with zero attached hydrogens (tertiary/aromatic N) is 3. The third-order valence-corrected chi connectivity index (χ3v) is 3.26. The minimum atomic E-state index is 0.711. The molecule has 4 aromatic rings. The number of para-hydroxylation sites is 1. The number of pyridine rings is 3. The van der Waals surface area contributed by atoms with Crippen LogP contribution < -0.4 is 17.2 Å². The summed E-state index contributed by atoms with van der Waals surface area (Å²) in [6.07, 6.45) is 6.60. The van der Waals surface area contributed by atoms with Crippen molar-refractivity contribution in [2.75, 3.05) is 17.2 Å². The summed E-state index contributed by atoms with van der Waals surface area (Å²) in [6, 6.07) is 17.0. The van der Waals surface area contributed by atoms with Crippen LogP contribution in [0.4, 0.5) is 17.1 Å². The Kier molecular flexibility index (Phi) is 6.88. The minimum absolute atomic E-state index is 0.711. The number of nitrogens with two attached hydrogens (primary N) is 3. The number of rotatable bonds is 0. The highest BCUT2D eigenvalue weighted by Crippen LogP contribution is 2.18. The Morgan fingerprint density at radius 2 is 1.31 bits per heavy atom. The molecule has 0 aliphatic carbocycles. The molecule has 0 saturated heterocycles. The van der Waals surface area contributed by atoms with Gasteiger partial charge in [-0.05, 0) is 43.3 Å². The van der Waals surface area contributed by atoms with Gasteiger partial charge < -0.3 is 17.2 Å². The zero-order valence-electron chi connectivity index (χ0n) is 14.6. The number of benzene rings is 1. The maximum absolute atomic E-state index is 5.76. The summed E-state index contributed by atoms with van der Waals surface area (Å²) < 4.78 is 0. The number of anilines is 3. The Bertz CT molecular complexity index is 889. The summed E-state index contributed by atoms with van der Waals surface area (Å²) in [7, 11) is 0. The molecule has 132 valence electrons. The van der Waals surface area contributed by atoms with E-state index in [1.54, 1.807) is 49.1 Å². The molecule has 26 heavy (non-hydrogen) atoms. The normalized spacial score (nSPS) is 9.42. The lowest BCUT2D eigenvalue weighted by molar-refractivity contribution is 1.26. The summed E-state index contributed by atoms with van der Waals surface area (Å²) in [4.78, 5) is 11.9. The molecule has 3 aromatic heterocycles. The molecule has 6 nitrogen and oxygen atoms in total. The average Bonchev–Trinajstić information content (AvgIpc) is 2.65. The molecule has 0 saturated carbocycles. The van der Waals surface area contributed by atoms with E-state index >= 15 is 0 Å². The van der Waals surface area contributed by atoms with Gasteiger partial charge in [0.25, 0.3) is 0 Å². The summed E-state index contributed by atoms with van der Waals surface area (Å²) in [5.41, 5.74) is 20.4. The standard InChI is InChI=1S/C10H10N2.2C5H6N2/c1-7-5-6-8-3-2-4-9(11)10(8)12-7;2*6-5-2-1-3-7-4-5/h2-6H,11H2,1H3;2*1-4H,6H2. The van der Waals surface area contributed by atoms with Crippen molar-refractivity contribution in [2.24, 2.45) is 0 Å². The van der Waals surface area contributed by atoms with Crippen LogP contribution in [0.1, 0.15) is 5.69 Å². The second kappa shape index (κ2) is 9.58. The van der Waals surface area contributed by atoms with Gasteiger partial charge in [0.2, 0.25) is 0 Å². The highest BCUT2D eigenvalue weighted by molar-refractivity contribution is 5.89. The van der Waals surface area contributed by atoms with Gasteiger partial charge in [-0.3, -0.25) is 15.0 Å². The number of aromatic nitrogens is 3. The van der Waals surface area contributed by atoms with Gasteiger partial charge in [0, 0.05) is 35.9 Å². The van der Waals surface area contributed by atoms with Crippen molar-refractivity contribution >= 4 is 28.0 Å². The fourth-order valence-electron chi connectivity index (χ4n) is 2.02. The molecule has 6 heteroatoms. The number of aryl methyl sites for hydroxylation is 1. The van der Waals surface area contributed by atoms with Crippen molar-refractivity contribution in [3.63, 3.8) is 0 Å². The van der Waals surface area contributed by atoms with Gasteiger partial charge in [-0.25, -0.2) is 0 Å². The van der Waals surface area contributed by atoms with Crippen LogP contribution >= 0.6 is 0 Å². The summed E-state index contributed by atoms with van der Waals surface area (Å²) in [6.45, 7) is 1.96. The fourth-order valence-corrected chi connectivity index (χ4v) is 2.02. The zero-order valence-corrected chi connectivity index (χ0v) is 14.6. The zero-order chi connectivity index (χ0) is 18.8. The molecular weight excluding hydrogens is 324 g/mol. The molecule has 0 unspecified atom stereocenters. The van der Waals surface area contributed by atoms with Crippen LogP contribution in [-0.4, -0.2) is 15.0 Å². The Labute approximate surface area is 152 Å². The molecule has 0 bridgehead atoms. The first-order valence-electron chi connectivity index (χ1n) is 7.99. The van der Waals surface area contributed by atoms with E-state index < -0.39 is 0 Å². The summed E-state index contributed by atoms with van der Waals surface area (Å²) >= 11 is 0. The topological polar surface area (TPSA) is 117 Å². The van der Waals surface area contributed by atoms with Gasteiger partial charge in [-0.15, -0.1) is 0 Å². The van der Waals surface area contributed by atoms with Crippen molar-refractivity contribution in [2.45, 2.75) is 6.92 Å². The molecule has 0 atom stereocenters. The second-order valence-electron chi connectivity index (χ2n) is 5.44. The van der Waals surface area contributed by atoms with Crippen LogP contribution in [0.2, 0.25) is 0 Å². The van der Waals surface area contributed by atoms with E-state index in [2.05, 4.69) is 15.0 Å². The largest absolute Gasteiger partial charge is 0.397 e. The molecule has 4 rings (SSSR count). The van der Waals surface area contributed by atoms with Crippen molar-refractivity contribution in [3.8, 4) is 0 Å². The molecular formula is C20H22N6. The molecule has 1 aromatic carbocycles. The van der Waals surface area contributed by atoms with Crippen LogP contribution in [0.3, 0.4) is 0 Å². The maximum atomic E-state index is 5.76. The molecule has 0 spiro atoms. The van der Waals surface area contributed by atoms with Gasteiger partial charge in [-0.1, -0.05) is 18.2 Å². The number of nitrogen functional groups attached to an aromatic ring is 3. The van der Waals surface area contributed by atoms with Crippen molar-refractivity contribution in [1.82, 2.24) is 15.0 Å². The molecule has 0 aliphatic rings. The van der Waals surface area contributed by atoms with Crippen LogP contribution in [0.15, 0.2) is 79.4 Å². The first kappa shape index (κ1) is 18.7. The second-order valence-corrected chi connectivity index (χ2v) is 5.44. The quantitative estimate of drug-likeness (QED) is 0.420. The monoisotopic (exact) mass is 346 g/mol. The first-order chi connectivity index (χ1) is 12.6. The third-order valence-electron chi connectivity index (χ3n) is 3.26. The Morgan fingerprint density at radius 3 is 1.77 bits per heavy atom. The van der Waals surface area contributed by atoms with Crippen LogP contribution in [0.5, 0.6) is 0 Å². The van der Waals surface area contributed by atoms with E-state index in [4.69, 9.17) is 17.2 Å². The molecule has 0 amide bonds. The van der Waals surface area contributed by atoms with E-state index in [9.17, 15) is 0 Å². The summed E-state index contributed by atoms with van der Waals surface area (Å²) in [5, 5.41) is 1.10. The highest BCUT2D eigenvalue weighted by Gasteiger charge is 1.97. The van der Waals surface area contributed by atoms with E-state index in [1.807, 2.05) is 37.3 Å². The molecule has 0 radical (unpaired) electrons. The van der Waals surface area contributed by atoms with Crippen LogP contribution in [0.25, 0.3) is 10.9 Å². The van der Waals surface area contributed by atoms with E-state index in [-0.39, 0.29) is 0 Å². The van der Waals surface area contributed by atoms with Gasteiger partial charge in [0.1, 0.15) is 0 Å². The lowest BCUT2D eigenvalue weighted by Gasteiger charge is -2.00. The molecule has 3 heterocycles. The van der Waals surface area contributed by atoms with Crippen LogP contribution in [-0.2, 0) is 0 Å². The Balaban J connectivity index is 0.000000150. The summed E-state index contributed by atoms with van der Waals surface area (Å²) in [5.74, 6) is 0. The van der Waals surface area contributed by atoms with Gasteiger partial charge >= 0.3 is 0 Å². The fraction of sp³-hybridized carbons (Fsp3) is 0.0500. The first-order valence-corrected chi connectivity index (χ1v) is 7.99. The van der Waals surface area contributed by atoms with Crippen molar-refractivity contribution in [1.29, 1.82) is 0 Å². The third kappa shape index (κ3) is 6.09. The Hall–Kier alpha value is -3.67.